The Bertz CT molecular complexity index is 536. The molecule has 1 nitrogen and oxygen atoms in total. The molecule has 0 heterocycles. The van der Waals surface area contributed by atoms with Crippen molar-refractivity contribution in [1.29, 1.82) is 0 Å². The zero-order valence-corrected chi connectivity index (χ0v) is 12.3. The van der Waals surface area contributed by atoms with Gasteiger partial charge in [0.1, 0.15) is 11.6 Å². The van der Waals surface area contributed by atoms with Crippen molar-refractivity contribution in [1.82, 2.24) is 0 Å². The Morgan fingerprint density at radius 2 is 1.67 bits per heavy atom. The normalized spacial score (nSPS) is 12.5. The second-order valence-corrected chi connectivity index (χ2v) is 5.58. The van der Waals surface area contributed by atoms with Gasteiger partial charge in [0.15, 0.2) is 0 Å². The molecule has 2 N–H and O–H groups in total. The number of benzene rings is 2. The van der Waals surface area contributed by atoms with Crippen molar-refractivity contribution < 1.29 is 8.78 Å². The van der Waals surface area contributed by atoms with E-state index in [1.54, 1.807) is 18.2 Å². The van der Waals surface area contributed by atoms with Crippen LogP contribution < -0.4 is 5.73 Å². The summed E-state index contributed by atoms with van der Waals surface area (Å²) < 4.78 is 28.3. The topological polar surface area (TPSA) is 26.0 Å². The van der Waals surface area contributed by atoms with Gasteiger partial charge in [-0.2, -0.15) is 0 Å². The summed E-state index contributed by atoms with van der Waals surface area (Å²) in [6, 6.07) is 7.95. The highest BCUT2D eigenvalue weighted by Crippen LogP contribution is 2.30. The van der Waals surface area contributed by atoms with E-state index in [1.807, 2.05) is 0 Å². The molecule has 0 saturated heterocycles. The lowest BCUT2D eigenvalue weighted by molar-refractivity contribution is 0.595. The molecule has 0 aliphatic heterocycles. The molecule has 94 valence electrons. The van der Waals surface area contributed by atoms with Crippen LogP contribution in [-0.4, -0.2) is 0 Å². The number of halogens is 4. The summed E-state index contributed by atoms with van der Waals surface area (Å²) >= 11 is 6.55. The third-order valence-electron chi connectivity index (χ3n) is 2.59. The van der Waals surface area contributed by atoms with E-state index in [1.165, 1.54) is 18.2 Å². The van der Waals surface area contributed by atoms with Gasteiger partial charge in [-0.3, -0.25) is 0 Å². The van der Waals surface area contributed by atoms with Gasteiger partial charge in [0.05, 0.1) is 6.04 Å². The number of rotatable bonds is 2. The smallest absolute Gasteiger partial charge is 0.128 e. The monoisotopic (exact) mass is 375 g/mol. The largest absolute Gasteiger partial charge is 0.320 e. The van der Waals surface area contributed by atoms with Crippen LogP contribution in [-0.2, 0) is 0 Å². The van der Waals surface area contributed by atoms with E-state index in [9.17, 15) is 8.78 Å². The minimum atomic E-state index is -0.729. The molecule has 2 aromatic carbocycles. The number of nitrogens with two attached hydrogens (primary N) is 1. The summed E-state index contributed by atoms with van der Waals surface area (Å²) in [5.74, 6) is -0.819. The molecular weight excluding hydrogens is 368 g/mol. The first kappa shape index (κ1) is 13.6. The van der Waals surface area contributed by atoms with Gasteiger partial charge in [-0.25, -0.2) is 8.78 Å². The van der Waals surface area contributed by atoms with Gasteiger partial charge in [0.2, 0.25) is 0 Å². The molecule has 1 atom stereocenters. The van der Waals surface area contributed by atoms with Crippen LogP contribution in [0.25, 0.3) is 0 Å². The molecule has 0 aromatic heterocycles. The minimum Gasteiger partial charge on any atom is -0.320 e. The summed E-state index contributed by atoms with van der Waals surface area (Å²) in [4.78, 5) is 0. The van der Waals surface area contributed by atoms with Crippen LogP contribution in [0.2, 0.25) is 0 Å². The second kappa shape index (κ2) is 5.47. The molecule has 0 amide bonds. The van der Waals surface area contributed by atoms with Crippen LogP contribution in [0.5, 0.6) is 0 Å². The van der Waals surface area contributed by atoms with E-state index >= 15 is 0 Å². The second-order valence-electron chi connectivity index (χ2n) is 3.81. The van der Waals surface area contributed by atoms with Crippen LogP contribution in [0.1, 0.15) is 17.2 Å². The van der Waals surface area contributed by atoms with Gasteiger partial charge in [-0.1, -0.05) is 31.9 Å². The minimum absolute atomic E-state index is 0.315. The van der Waals surface area contributed by atoms with E-state index in [0.717, 1.165) is 4.47 Å². The molecule has 0 bridgehead atoms. The molecule has 0 radical (unpaired) electrons. The summed E-state index contributed by atoms with van der Waals surface area (Å²) in [5.41, 5.74) is 6.82. The molecule has 0 aliphatic rings. The number of hydrogen-bond acceptors (Lipinski definition) is 1. The van der Waals surface area contributed by atoms with Crippen molar-refractivity contribution in [3.05, 3.63) is 68.1 Å². The SMILES string of the molecule is NC(c1cc(Br)ccc1F)c1cc(F)ccc1Br. The Labute approximate surface area is 120 Å². The average molecular weight is 377 g/mol. The van der Waals surface area contributed by atoms with Gasteiger partial charge in [-0.15, -0.1) is 0 Å². The Hall–Kier alpha value is -0.780. The van der Waals surface area contributed by atoms with E-state index in [0.29, 0.717) is 15.6 Å². The zero-order valence-electron chi connectivity index (χ0n) is 9.13. The maximum absolute atomic E-state index is 13.7. The van der Waals surface area contributed by atoms with Gasteiger partial charge in [-0.05, 0) is 42.0 Å². The third kappa shape index (κ3) is 2.79. The van der Waals surface area contributed by atoms with Crippen LogP contribution >= 0.6 is 31.9 Å². The fourth-order valence-corrected chi connectivity index (χ4v) is 2.55. The van der Waals surface area contributed by atoms with Gasteiger partial charge >= 0.3 is 0 Å². The highest BCUT2D eigenvalue weighted by Gasteiger charge is 2.17. The fraction of sp³-hybridized carbons (Fsp3) is 0.0769. The first-order valence-electron chi connectivity index (χ1n) is 5.14. The Kier molecular flexibility index (Phi) is 4.14. The van der Waals surface area contributed by atoms with Crippen LogP contribution in [0.4, 0.5) is 8.78 Å². The molecular formula is C13H9Br2F2N. The highest BCUT2D eigenvalue weighted by molar-refractivity contribution is 9.10. The van der Waals surface area contributed by atoms with Crippen molar-refractivity contribution in [2.24, 2.45) is 5.73 Å². The molecule has 0 saturated carbocycles. The third-order valence-corrected chi connectivity index (χ3v) is 3.80. The maximum Gasteiger partial charge on any atom is 0.128 e. The fourth-order valence-electron chi connectivity index (χ4n) is 1.67. The Morgan fingerprint density at radius 3 is 2.39 bits per heavy atom. The Balaban J connectivity index is 2.50. The van der Waals surface area contributed by atoms with Crippen molar-refractivity contribution in [3.8, 4) is 0 Å². The van der Waals surface area contributed by atoms with Crippen LogP contribution in [0.15, 0.2) is 45.3 Å². The average Bonchev–Trinajstić information content (AvgIpc) is 2.34. The predicted octanol–water partition coefficient (Wildman–Crippen LogP) is 4.54. The molecule has 2 rings (SSSR count). The van der Waals surface area contributed by atoms with Crippen LogP contribution in [0.3, 0.4) is 0 Å². The van der Waals surface area contributed by atoms with Gasteiger partial charge in [0, 0.05) is 14.5 Å². The quantitative estimate of drug-likeness (QED) is 0.818. The van der Waals surface area contributed by atoms with E-state index in [4.69, 9.17) is 5.73 Å². The van der Waals surface area contributed by atoms with E-state index in [-0.39, 0.29) is 0 Å². The molecule has 5 heteroatoms. The molecule has 18 heavy (non-hydrogen) atoms. The molecule has 0 fully saturated rings. The predicted molar refractivity (Wildman–Crippen MR) is 74.2 cm³/mol. The van der Waals surface area contributed by atoms with Crippen LogP contribution in [0, 0.1) is 11.6 Å². The first-order valence-corrected chi connectivity index (χ1v) is 6.73. The van der Waals surface area contributed by atoms with E-state index in [2.05, 4.69) is 31.9 Å². The molecule has 2 aromatic rings. The Morgan fingerprint density at radius 1 is 0.944 bits per heavy atom. The van der Waals surface area contributed by atoms with Gasteiger partial charge < -0.3 is 5.73 Å². The van der Waals surface area contributed by atoms with E-state index < -0.39 is 17.7 Å². The van der Waals surface area contributed by atoms with Crippen molar-refractivity contribution in [2.75, 3.05) is 0 Å². The maximum atomic E-state index is 13.7. The number of hydrogen-bond donors (Lipinski definition) is 1. The molecule has 0 spiro atoms. The standard InChI is InChI=1S/C13H9Br2F2N/c14-7-1-4-12(17)10(5-7)13(18)9-6-8(16)2-3-11(9)15/h1-6,13H,18H2. The summed E-state index contributed by atoms with van der Waals surface area (Å²) in [7, 11) is 0. The molecule has 0 aliphatic carbocycles. The first-order chi connectivity index (χ1) is 8.49. The van der Waals surface area contributed by atoms with Crippen molar-refractivity contribution >= 4 is 31.9 Å². The summed E-state index contributed by atoms with van der Waals surface area (Å²) in [5, 5.41) is 0. The van der Waals surface area contributed by atoms with Gasteiger partial charge in [0.25, 0.3) is 0 Å². The lowest BCUT2D eigenvalue weighted by atomic mass is 9.99. The van der Waals surface area contributed by atoms with Crippen molar-refractivity contribution in [2.45, 2.75) is 6.04 Å². The molecule has 1 unspecified atom stereocenters. The lowest BCUT2D eigenvalue weighted by Gasteiger charge is -2.15. The summed E-state index contributed by atoms with van der Waals surface area (Å²) in [6.07, 6.45) is 0. The zero-order chi connectivity index (χ0) is 13.3. The highest BCUT2D eigenvalue weighted by atomic mass is 79.9. The van der Waals surface area contributed by atoms with Crippen molar-refractivity contribution in [3.63, 3.8) is 0 Å². The lowest BCUT2D eigenvalue weighted by Crippen LogP contribution is -2.14. The summed E-state index contributed by atoms with van der Waals surface area (Å²) in [6.45, 7) is 0.